The Morgan fingerprint density at radius 2 is 1.96 bits per heavy atom. The van der Waals surface area contributed by atoms with Crippen molar-refractivity contribution < 1.29 is 9.53 Å². The quantitative estimate of drug-likeness (QED) is 0.527. The van der Waals surface area contributed by atoms with Gasteiger partial charge in [-0.1, -0.05) is 35.9 Å². The second-order valence-corrected chi connectivity index (χ2v) is 6.50. The highest BCUT2D eigenvalue weighted by Gasteiger charge is 2.16. The molecule has 5 heteroatoms. The molecule has 4 aromatic rings. The fraction of sp³-hybridized carbons (Fsp3) is 0.150. The van der Waals surface area contributed by atoms with E-state index in [4.69, 9.17) is 16.3 Å². The largest absolute Gasteiger partial charge is 0.469 e. The van der Waals surface area contributed by atoms with Crippen LogP contribution in [0.1, 0.15) is 16.8 Å². The van der Waals surface area contributed by atoms with Gasteiger partial charge in [0.05, 0.1) is 13.5 Å². The minimum Gasteiger partial charge on any atom is -0.469 e. The smallest absolute Gasteiger partial charge is 0.310 e. The van der Waals surface area contributed by atoms with Crippen LogP contribution in [0.25, 0.3) is 21.8 Å². The molecule has 0 unspecified atom stereocenters. The van der Waals surface area contributed by atoms with E-state index in [1.54, 1.807) is 0 Å². The van der Waals surface area contributed by atoms with E-state index in [9.17, 15) is 4.79 Å². The average molecular weight is 353 g/mol. The highest BCUT2D eigenvalue weighted by Crippen LogP contribution is 2.28. The normalized spacial score (nSPS) is 11.3. The summed E-state index contributed by atoms with van der Waals surface area (Å²) in [6, 6.07) is 13.8. The molecule has 0 spiro atoms. The second-order valence-electron chi connectivity index (χ2n) is 6.06. The minimum absolute atomic E-state index is 0.239. The first-order chi connectivity index (χ1) is 12.2. The minimum atomic E-state index is -0.239. The van der Waals surface area contributed by atoms with E-state index >= 15 is 0 Å². The van der Waals surface area contributed by atoms with Crippen molar-refractivity contribution in [2.24, 2.45) is 0 Å². The summed E-state index contributed by atoms with van der Waals surface area (Å²) < 4.78 is 4.87. The third-order valence-electron chi connectivity index (χ3n) is 4.55. The molecule has 0 fully saturated rings. The van der Waals surface area contributed by atoms with Crippen molar-refractivity contribution in [3.63, 3.8) is 0 Å². The second kappa shape index (κ2) is 6.30. The van der Waals surface area contributed by atoms with Crippen LogP contribution in [0.3, 0.4) is 0 Å². The monoisotopic (exact) mass is 352 g/mol. The zero-order chi connectivity index (χ0) is 17.4. The lowest BCUT2D eigenvalue weighted by Crippen LogP contribution is -2.06. The number of aromatic amines is 2. The van der Waals surface area contributed by atoms with Crippen molar-refractivity contribution in [3.8, 4) is 0 Å². The van der Waals surface area contributed by atoms with E-state index < -0.39 is 0 Å². The van der Waals surface area contributed by atoms with E-state index in [2.05, 4.69) is 9.97 Å². The van der Waals surface area contributed by atoms with E-state index in [0.29, 0.717) is 11.4 Å². The summed E-state index contributed by atoms with van der Waals surface area (Å²) >= 11 is 6.06. The molecule has 4 rings (SSSR count). The number of carbonyl (C=O) groups is 1. The number of ether oxygens (including phenoxy) is 1. The molecule has 126 valence electrons. The van der Waals surface area contributed by atoms with Crippen molar-refractivity contribution >= 4 is 39.4 Å². The lowest BCUT2D eigenvalue weighted by atomic mass is 10.0. The Morgan fingerprint density at radius 3 is 2.80 bits per heavy atom. The molecule has 2 aromatic carbocycles. The third kappa shape index (κ3) is 2.89. The summed E-state index contributed by atoms with van der Waals surface area (Å²) in [5.74, 6) is -0.239. The number of para-hydroxylation sites is 1. The SMILES string of the molecule is COC(=O)Cc1c(Cc2c[nH]c3cc(Cl)ccc23)[nH]c2ccccc12. The van der Waals surface area contributed by atoms with Crippen LogP contribution < -0.4 is 0 Å². The summed E-state index contributed by atoms with van der Waals surface area (Å²) in [7, 11) is 1.42. The maximum atomic E-state index is 11.9. The number of methoxy groups -OCH3 is 1. The Kier molecular flexibility index (Phi) is 3.98. The van der Waals surface area contributed by atoms with Crippen LogP contribution in [0, 0.1) is 0 Å². The number of nitrogens with one attached hydrogen (secondary N) is 2. The first kappa shape index (κ1) is 15.8. The zero-order valence-electron chi connectivity index (χ0n) is 13.7. The van der Waals surface area contributed by atoms with Gasteiger partial charge in [-0.3, -0.25) is 4.79 Å². The van der Waals surface area contributed by atoms with Crippen molar-refractivity contribution in [2.75, 3.05) is 7.11 Å². The van der Waals surface area contributed by atoms with Gasteiger partial charge < -0.3 is 14.7 Å². The molecule has 25 heavy (non-hydrogen) atoms. The molecule has 2 N–H and O–H groups in total. The molecular formula is C20H17ClN2O2. The summed E-state index contributed by atoms with van der Waals surface area (Å²) in [6.45, 7) is 0. The van der Waals surface area contributed by atoms with Crippen LogP contribution in [0.15, 0.2) is 48.7 Å². The van der Waals surface area contributed by atoms with Crippen LogP contribution in [-0.2, 0) is 22.4 Å². The topological polar surface area (TPSA) is 57.9 Å². The molecule has 2 aromatic heterocycles. The fourth-order valence-electron chi connectivity index (χ4n) is 3.32. The molecule has 0 saturated heterocycles. The third-order valence-corrected chi connectivity index (χ3v) is 4.78. The van der Waals surface area contributed by atoms with Gasteiger partial charge in [-0.2, -0.15) is 0 Å². The summed E-state index contributed by atoms with van der Waals surface area (Å²) in [4.78, 5) is 18.6. The molecule has 0 bridgehead atoms. The van der Waals surface area contributed by atoms with Crippen molar-refractivity contribution in [1.82, 2.24) is 9.97 Å². The van der Waals surface area contributed by atoms with Gasteiger partial charge in [0.15, 0.2) is 0 Å². The van der Waals surface area contributed by atoms with Crippen LogP contribution in [0.4, 0.5) is 0 Å². The van der Waals surface area contributed by atoms with Crippen LogP contribution >= 0.6 is 11.6 Å². The molecule has 2 heterocycles. The zero-order valence-corrected chi connectivity index (χ0v) is 14.5. The van der Waals surface area contributed by atoms with Gasteiger partial charge in [0.1, 0.15) is 0 Å². The first-order valence-corrected chi connectivity index (χ1v) is 8.44. The molecule has 0 aliphatic carbocycles. The molecule has 0 amide bonds. The number of hydrogen-bond acceptors (Lipinski definition) is 2. The summed E-state index contributed by atoms with van der Waals surface area (Å²) in [5, 5.41) is 2.90. The Balaban J connectivity index is 1.79. The number of hydrogen-bond donors (Lipinski definition) is 2. The van der Waals surface area contributed by atoms with Crippen molar-refractivity contribution in [3.05, 3.63) is 70.5 Å². The van der Waals surface area contributed by atoms with Gasteiger partial charge in [0.25, 0.3) is 0 Å². The van der Waals surface area contributed by atoms with Crippen molar-refractivity contribution in [1.29, 1.82) is 0 Å². The van der Waals surface area contributed by atoms with Crippen molar-refractivity contribution in [2.45, 2.75) is 12.8 Å². The fourth-order valence-corrected chi connectivity index (χ4v) is 3.49. The molecule has 0 atom stereocenters. The predicted octanol–water partition coefficient (Wildman–Crippen LogP) is 4.61. The number of carbonyl (C=O) groups excluding carboxylic acids is 1. The van der Waals surface area contributed by atoms with E-state index in [0.717, 1.165) is 38.6 Å². The lowest BCUT2D eigenvalue weighted by molar-refractivity contribution is -0.139. The number of aromatic nitrogens is 2. The standard InChI is InChI=1S/C20H17ClN2O2/c1-25-20(24)10-16-15-4-2-3-5-17(15)23-19(16)8-12-11-22-18-9-13(21)6-7-14(12)18/h2-7,9,11,22-23H,8,10H2,1H3. The highest BCUT2D eigenvalue weighted by molar-refractivity contribution is 6.31. The molecule has 0 aliphatic rings. The Morgan fingerprint density at radius 1 is 1.12 bits per heavy atom. The van der Waals surface area contributed by atoms with Gasteiger partial charge in [0, 0.05) is 45.1 Å². The van der Waals surface area contributed by atoms with E-state index in [1.807, 2.05) is 48.7 Å². The van der Waals surface area contributed by atoms with Crippen LogP contribution in [0.5, 0.6) is 0 Å². The average Bonchev–Trinajstić information content (AvgIpc) is 3.16. The maximum Gasteiger partial charge on any atom is 0.310 e. The maximum absolute atomic E-state index is 11.9. The number of fused-ring (bicyclic) bond motifs is 2. The lowest BCUT2D eigenvalue weighted by Gasteiger charge is -2.04. The summed E-state index contributed by atoms with van der Waals surface area (Å²) in [5.41, 5.74) is 5.21. The number of benzene rings is 2. The Hall–Kier alpha value is -2.72. The summed E-state index contributed by atoms with van der Waals surface area (Å²) in [6.07, 6.45) is 2.95. The molecular weight excluding hydrogens is 336 g/mol. The van der Waals surface area contributed by atoms with Gasteiger partial charge in [-0.25, -0.2) is 0 Å². The number of H-pyrrole nitrogens is 2. The van der Waals surface area contributed by atoms with Gasteiger partial charge in [-0.15, -0.1) is 0 Å². The molecule has 0 radical (unpaired) electrons. The van der Waals surface area contributed by atoms with Gasteiger partial charge >= 0.3 is 5.97 Å². The Labute approximate surface area is 149 Å². The highest BCUT2D eigenvalue weighted by atomic mass is 35.5. The van der Waals surface area contributed by atoms with E-state index in [-0.39, 0.29) is 12.4 Å². The number of halogens is 1. The van der Waals surface area contributed by atoms with Crippen LogP contribution in [-0.4, -0.2) is 23.0 Å². The van der Waals surface area contributed by atoms with Gasteiger partial charge in [0.2, 0.25) is 0 Å². The van der Waals surface area contributed by atoms with Gasteiger partial charge in [-0.05, 0) is 29.3 Å². The molecule has 0 saturated carbocycles. The number of esters is 1. The van der Waals surface area contributed by atoms with Crippen LogP contribution in [0.2, 0.25) is 5.02 Å². The molecule has 4 nitrogen and oxygen atoms in total. The van der Waals surface area contributed by atoms with E-state index in [1.165, 1.54) is 7.11 Å². The molecule has 0 aliphatic heterocycles. The predicted molar refractivity (Wildman–Crippen MR) is 100 cm³/mol. The first-order valence-electron chi connectivity index (χ1n) is 8.06. The number of rotatable bonds is 4. The Bertz CT molecular complexity index is 1080.